The molecule has 1 aliphatic rings. The SMILES string of the molecule is C=CC[C@]1(O)[C@H](O)[C@@H](O)[C@@](O)(CC=C)[C@](O)(CC=C)[C@H]1OCc1ccccc1. The van der Waals surface area contributed by atoms with Crippen LogP contribution in [0.25, 0.3) is 0 Å². The molecule has 0 amide bonds. The van der Waals surface area contributed by atoms with Crippen LogP contribution >= 0.6 is 0 Å². The van der Waals surface area contributed by atoms with Gasteiger partial charge in [-0.05, 0) is 24.8 Å². The van der Waals surface area contributed by atoms with Gasteiger partial charge in [0.25, 0.3) is 0 Å². The first-order valence-electron chi connectivity index (χ1n) is 9.22. The largest absolute Gasteiger partial charge is 0.387 e. The molecule has 1 aromatic carbocycles. The predicted octanol–water partition coefficient (Wildman–Crippen LogP) is 1.23. The smallest absolute Gasteiger partial charge is 0.129 e. The molecule has 0 bridgehead atoms. The number of ether oxygens (including phenoxy) is 1. The lowest BCUT2D eigenvalue weighted by Crippen LogP contribution is -2.81. The fourth-order valence-corrected chi connectivity index (χ4v) is 4.10. The topological polar surface area (TPSA) is 110 Å². The Labute approximate surface area is 165 Å². The van der Waals surface area contributed by atoms with Gasteiger partial charge in [0.2, 0.25) is 0 Å². The van der Waals surface area contributed by atoms with Crippen LogP contribution in [0.15, 0.2) is 68.3 Å². The van der Waals surface area contributed by atoms with E-state index in [1.807, 2.05) is 30.3 Å². The van der Waals surface area contributed by atoms with Crippen molar-refractivity contribution in [1.29, 1.82) is 0 Å². The molecule has 0 aromatic heterocycles. The highest BCUT2D eigenvalue weighted by Gasteiger charge is 2.71. The number of hydrogen-bond acceptors (Lipinski definition) is 6. The van der Waals surface area contributed by atoms with Crippen molar-refractivity contribution in [3.8, 4) is 0 Å². The molecule has 28 heavy (non-hydrogen) atoms. The lowest BCUT2D eigenvalue weighted by atomic mass is 9.57. The zero-order valence-corrected chi connectivity index (χ0v) is 15.9. The minimum atomic E-state index is -2.21. The van der Waals surface area contributed by atoms with E-state index < -0.39 is 35.1 Å². The highest BCUT2D eigenvalue weighted by atomic mass is 16.5. The van der Waals surface area contributed by atoms with E-state index in [4.69, 9.17) is 4.74 Å². The molecule has 1 aliphatic carbocycles. The third-order valence-corrected chi connectivity index (χ3v) is 5.58. The maximum atomic E-state index is 11.6. The van der Waals surface area contributed by atoms with Crippen LogP contribution in [0.2, 0.25) is 0 Å². The first kappa shape index (κ1) is 22.5. The summed E-state index contributed by atoms with van der Waals surface area (Å²) in [5.74, 6) is 0. The van der Waals surface area contributed by atoms with Gasteiger partial charge in [0.1, 0.15) is 35.1 Å². The molecule has 0 spiro atoms. The van der Waals surface area contributed by atoms with Gasteiger partial charge in [-0.1, -0.05) is 48.6 Å². The number of rotatable bonds is 9. The van der Waals surface area contributed by atoms with Gasteiger partial charge in [0, 0.05) is 0 Å². The standard InChI is InChI=1S/C22H30O6/c1-4-12-20(25)17(23)18(24)21(26,13-5-2)22(27,14-6-3)19(20)28-15-16-10-8-7-9-11-16/h4-11,17-19,23-27H,1-3,12-15H2/t17-,18-,19+,20+,21+,22+/m1/s1. The highest BCUT2D eigenvalue weighted by Crippen LogP contribution is 2.49. The quantitative estimate of drug-likeness (QED) is 0.406. The van der Waals surface area contributed by atoms with Gasteiger partial charge in [-0.3, -0.25) is 0 Å². The Morgan fingerprint density at radius 1 is 0.821 bits per heavy atom. The molecule has 1 fully saturated rings. The molecule has 1 aromatic rings. The first-order chi connectivity index (χ1) is 13.2. The van der Waals surface area contributed by atoms with Crippen LogP contribution in [0, 0.1) is 0 Å². The molecule has 2 rings (SSSR count). The van der Waals surface area contributed by atoms with Crippen molar-refractivity contribution in [2.24, 2.45) is 0 Å². The summed E-state index contributed by atoms with van der Waals surface area (Å²) >= 11 is 0. The van der Waals surface area contributed by atoms with Crippen LogP contribution in [0.4, 0.5) is 0 Å². The van der Waals surface area contributed by atoms with Crippen LogP contribution in [-0.4, -0.2) is 60.6 Å². The van der Waals surface area contributed by atoms with Crippen molar-refractivity contribution >= 4 is 0 Å². The molecule has 0 saturated heterocycles. The van der Waals surface area contributed by atoms with Crippen LogP contribution in [-0.2, 0) is 11.3 Å². The highest BCUT2D eigenvalue weighted by molar-refractivity contribution is 5.25. The zero-order chi connectivity index (χ0) is 21.0. The van der Waals surface area contributed by atoms with Gasteiger partial charge in [0.15, 0.2) is 0 Å². The van der Waals surface area contributed by atoms with Gasteiger partial charge in [-0.15, -0.1) is 19.7 Å². The predicted molar refractivity (Wildman–Crippen MR) is 106 cm³/mol. The molecule has 0 heterocycles. The van der Waals surface area contributed by atoms with Crippen LogP contribution in [0.5, 0.6) is 0 Å². The van der Waals surface area contributed by atoms with Gasteiger partial charge in [0.05, 0.1) is 6.61 Å². The summed E-state index contributed by atoms with van der Waals surface area (Å²) in [6.07, 6.45) is -1.62. The van der Waals surface area contributed by atoms with Crippen molar-refractivity contribution < 1.29 is 30.3 Å². The number of hydrogen-bond donors (Lipinski definition) is 5. The molecule has 154 valence electrons. The zero-order valence-electron chi connectivity index (χ0n) is 15.9. The van der Waals surface area contributed by atoms with Gasteiger partial charge in [-0.2, -0.15) is 0 Å². The fourth-order valence-electron chi connectivity index (χ4n) is 4.10. The average molecular weight is 390 g/mol. The Kier molecular flexibility index (Phi) is 6.98. The van der Waals surface area contributed by atoms with E-state index in [1.165, 1.54) is 18.2 Å². The van der Waals surface area contributed by atoms with E-state index in [0.29, 0.717) is 0 Å². The van der Waals surface area contributed by atoms with E-state index >= 15 is 0 Å². The summed E-state index contributed by atoms with van der Waals surface area (Å²) in [6, 6.07) is 9.09. The van der Waals surface area contributed by atoms with Crippen molar-refractivity contribution in [3.05, 3.63) is 73.9 Å². The summed E-state index contributed by atoms with van der Waals surface area (Å²) in [7, 11) is 0. The summed E-state index contributed by atoms with van der Waals surface area (Å²) < 4.78 is 5.90. The lowest BCUT2D eigenvalue weighted by molar-refractivity contribution is -0.348. The van der Waals surface area contributed by atoms with Crippen LogP contribution in [0.3, 0.4) is 0 Å². The summed E-state index contributed by atoms with van der Waals surface area (Å²) in [6.45, 7) is 10.8. The second-order valence-corrected chi connectivity index (χ2v) is 7.38. The maximum absolute atomic E-state index is 11.6. The first-order valence-corrected chi connectivity index (χ1v) is 9.22. The van der Waals surface area contributed by atoms with E-state index in [1.54, 1.807) is 0 Å². The molecular formula is C22H30O6. The van der Waals surface area contributed by atoms with Gasteiger partial charge < -0.3 is 30.3 Å². The minimum absolute atomic E-state index is 0.0113. The molecule has 1 saturated carbocycles. The summed E-state index contributed by atoms with van der Waals surface area (Å²) in [4.78, 5) is 0. The van der Waals surface area contributed by atoms with Crippen molar-refractivity contribution in [2.75, 3.05) is 0 Å². The second-order valence-electron chi connectivity index (χ2n) is 7.38. The maximum Gasteiger partial charge on any atom is 0.129 e. The van der Waals surface area contributed by atoms with E-state index in [0.717, 1.165) is 5.56 Å². The van der Waals surface area contributed by atoms with Gasteiger partial charge in [-0.25, -0.2) is 0 Å². The molecule has 6 nitrogen and oxygen atoms in total. The number of aliphatic hydroxyl groups excluding tert-OH is 2. The van der Waals surface area contributed by atoms with Gasteiger partial charge >= 0.3 is 0 Å². The molecule has 0 unspecified atom stereocenters. The van der Waals surface area contributed by atoms with Crippen molar-refractivity contribution in [1.82, 2.24) is 0 Å². The van der Waals surface area contributed by atoms with E-state index in [-0.39, 0.29) is 25.9 Å². The van der Waals surface area contributed by atoms with Crippen LogP contribution in [0.1, 0.15) is 24.8 Å². The number of aliphatic hydroxyl groups is 5. The molecule has 5 N–H and O–H groups in total. The molecule has 6 heteroatoms. The molecule has 6 atom stereocenters. The van der Waals surface area contributed by atoms with Crippen molar-refractivity contribution in [3.63, 3.8) is 0 Å². The minimum Gasteiger partial charge on any atom is -0.387 e. The lowest BCUT2D eigenvalue weighted by Gasteiger charge is -2.60. The van der Waals surface area contributed by atoms with E-state index in [9.17, 15) is 25.5 Å². The van der Waals surface area contributed by atoms with E-state index in [2.05, 4.69) is 19.7 Å². The monoisotopic (exact) mass is 390 g/mol. The average Bonchev–Trinajstić information content (AvgIpc) is 2.67. The second kappa shape index (κ2) is 8.69. The Bertz CT molecular complexity index is 692. The third kappa shape index (κ3) is 3.59. The number of benzene rings is 1. The Morgan fingerprint density at radius 3 is 1.89 bits per heavy atom. The Hall–Kier alpha value is -1.80. The molecular weight excluding hydrogens is 360 g/mol. The van der Waals surface area contributed by atoms with Crippen LogP contribution < -0.4 is 0 Å². The Morgan fingerprint density at radius 2 is 1.36 bits per heavy atom. The molecule has 0 radical (unpaired) electrons. The Balaban J connectivity index is 2.56. The normalized spacial score (nSPS) is 38.0. The third-order valence-electron chi connectivity index (χ3n) is 5.58. The summed E-state index contributed by atoms with van der Waals surface area (Å²) in [5.41, 5.74) is -5.66. The fraction of sp³-hybridized carbons (Fsp3) is 0.455. The van der Waals surface area contributed by atoms with Crippen molar-refractivity contribution in [2.45, 2.75) is 61.0 Å². The molecule has 0 aliphatic heterocycles. The summed E-state index contributed by atoms with van der Waals surface area (Å²) in [5, 5.41) is 55.4.